The van der Waals surface area contributed by atoms with Crippen LogP contribution in [0.3, 0.4) is 0 Å². The van der Waals surface area contributed by atoms with E-state index in [0.717, 1.165) is 11.1 Å². The summed E-state index contributed by atoms with van der Waals surface area (Å²) < 4.78 is 17.8. The molecule has 1 heterocycles. The summed E-state index contributed by atoms with van der Waals surface area (Å²) >= 11 is 0. The molecule has 0 aliphatic carbocycles. The van der Waals surface area contributed by atoms with Crippen LogP contribution < -0.4 is 5.32 Å². The van der Waals surface area contributed by atoms with Crippen molar-refractivity contribution in [2.75, 3.05) is 13.2 Å². The third-order valence-electron chi connectivity index (χ3n) is 4.64. The fraction of sp³-hybridized carbons (Fsp3) is 0.316. The second-order valence-corrected chi connectivity index (χ2v) is 7.82. The maximum absolute atomic E-state index is 11.9. The highest BCUT2D eigenvalue weighted by Crippen LogP contribution is 2.32. The first-order valence-corrected chi connectivity index (χ1v) is 9.93. The number of morpholine rings is 1. The van der Waals surface area contributed by atoms with Crippen LogP contribution in [-0.4, -0.2) is 40.9 Å². The molecule has 3 N–H and O–H groups in total. The molecule has 2 unspecified atom stereocenters. The van der Waals surface area contributed by atoms with E-state index < -0.39 is 19.7 Å². The number of aromatic carboxylic acids is 1. The molecule has 1 saturated heterocycles. The Morgan fingerprint density at radius 1 is 1.23 bits per heavy atom. The van der Waals surface area contributed by atoms with Crippen molar-refractivity contribution >= 4 is 14.0 Å². The molecule has 138 valence electrons. The summed E-state index contributed by atoms with van der Waals surface area (Å²) in [6, 6.07) is 16.2. The van der Waals surface area contributed by atoms with Crippen molar-refractivity contribution in [1.82, 2.24) is 5.32 Å². The third kappa shape index (κ3) is 4.59. The van der Waals surface area contributed by atoms with E-state index in [4.69, 9.17) is 9.84 Å². The van der Waals surface area contributed by atoms with E-state index in [2.05, 4.69) is 5.32 Å². The monoisotopic (exact) mass is 375 g/mol. The highest BCUT2D eigenvalue weighted by Gasteiger charge is 2.32. The number of carbonyl (C=O) groups is 1. The van der Waals surface area contributed by atoms with Crippen LogP contribution >= 0.6 is 8.03 Å². The smallest absolute Gasteiger partial charge is 0.335 e. The van der Waals surface area contributed by atoms with Gasteiger partial charge >= 0.3 is 5.97 Å². The predicted octanol–water partition coefficient (Wildman–Crippen LogP) is 2.49. The molecule has 7 heteroatoms. The Morgan fingerprint density at radius 2 is 2.00 bits per heavy atom. The summed E-state index contributed by atoms with van der Waals surface area (Å²) in [6.45, 7) is 0.768. The molecule has 2 aromatic carbocycles. The molecule has 3 rings (SSSR count). The summed E-state index contributed by atoms with van der Waals surface area (Å²) in [5.74, 6) is -0.969. The lowest BCUT2D eigenvalue weighted by molar-refractivity contribution is 0.000665. The molecule has 1 aliphatic rings. The first kappa shape index (κ1) is 18.8. The molecule has 0 spiro atoms. The Labute approximate surface area is 152 Å². The van der Waals surface area contributed by atoms with Gasteiger partial charge in [-0.1, -0.05) is 42.5 Å². The summed E-state index contributed by atoms with van der Waals surface area (Å²) in [5, 5.41) is 12.4. The lowest BCUT2D eigenvalue weighted by Crippen LogP contribution is -2.46. The van der Waals surface area contributed by atoms with Crippen molar-refractivity contribution in [3.05, 3.63) is 71.3 Å². The summed E-state index contributed by atoms with van der Waals surface area (Å²) in [7, 11) is -2.76. The standard InChI is InChI=1S/C19H22NO5P/c21-19(22)15-8-4-7-14(10-15)16-12-25-17(11-20-16)18(26(23)24)9-13-5-2-1-3-6-13/h1-8,10,16-18,20,26H,9,11-12H2,(H,21,22)(H,23,24)/t16-,17-,18?/m0/s1. The maximum atomic E-state index is 11.9. The average molecular weight is 375 g/mol. The molecule has 0 aromatic heterocycles. The number of carboxylic acid groups (broad SMARTS) is 1. The van der Waals surface area contributed by atoms with Gasteiger partial charge in [0.15, 0.2) is 8.03 Å². The van der Waals surface area contributed by atoms with Gasteiger partial charge in [-0.3, -0.25) is 4.57 Å². The Morgan fingerprint density at radius 3 is 2.62 bits per heavy atom. The highest BCUT2D eigenvalue weighted by molar-refractivity contribution is 7.39. The van der Waals surface area contributed by atoms with E-state index >= 15 is 0 Å². The predicted molar refractivity (Wildman–Crippen MR) is 99.0 cm³/mol. The lowest BCUT2D eigenvalue weighted by Gasteiger charge is -2.34. The van der Waals surface area contributed by atoms with Crippen molar-refractivity contribution in [3.8, 4) is 0 Å². The molecule has 0 saturated carbocycles. The van der Waals surface area contributed by atoms with E-state index in [-0.39, 0.29) is 17.7 Å². The van der Waals surface area contributed by atoms with Gasteiger partial charge < -0.3 is 20.1 Å². The van der Waals surface area contributed by atoms with Gasteiger partial charge in [0.2, 0.25) is 0 Å². The molecule has 1 aliphatic heterocycles. The summed E-state index contributed by atoms with van der Waals surface area (Å²) in [5.41, 5.74) is 1.61. The van der Waals surface area contributed by atoms with Crippen LogP contribution in [-0.2, 0) is 15.7 Å². The summed E-state index contributed by atoms with van der Waals surface area (Å²) in [4.78, 5) is 20.9. The molecular formula is C19H22NO5P. The molecule has 0 amide bonds. The van der Waals surface area contributed by atoms with Crippen LogP contribution in [0.1, 0.15) is 27.5 Å². The second-order valence-electron chi connectivity index (χ2n) is 6.40. The van der Waals surface area contributed by atoms with Crippen LogP contribution in [0.4, 0.5) is 0 Å². The Kier molecular flexibility index (Phi) is 6.22. The Bertz CT molecular complexity index is 775. The average Bonchev–Trinajstić information content (AvgIpc) is 2.67. The van der Waals surface area contributed by atoms with Crippen LogP contribution in [0.5, 0.6) is 0 Å². The molecule has 1 fully saturated rings. The van der Waals surface area contributed by atoms with Crippen molar-refractivity contribution in [2.24, 2.45) is 0 Å². The van der Waals surface area contributed by atoms with E-state index in [1.54, 1.807) is 18.2 Å². The number of ether oxygens (including phenoxy) is 1. The van der Waals surface area contributed by atoms with Crippen molar-refractivity contribution in [2.45, 2.75) is 24.2 Å². The first-order valence-electron chi connectivity index (χ1n) is 8.49. The number of rotatable bonds is 6. The van der Waals surface area contributed by atoms with Gasteiger partial charge in [0, 0.05) is 6.54 Å². The number of hydrogen-bond acceptors (Lipinski definition) is 4. The second kappa shape index (κ2) is 8.60. The topological polar surface area (TPSA) is 95.9 Å². The number of benzene rings is 2. The van der Waals surface area contributed by atoms with Gasteiger partial charge in [-0.2, -0.15) is 0 Å². The summed E-state index contributed by atoms with van der Waals surface area (Å²) in [6.07, 6.45) is 0.131. The van der Waals surface area contributed by atoms with Gasteiger partial charge in [-0.05, 0) is 29.7 Å². The Balaban J connectivity index is 1.65. The lowest BCUT2D eigenvalue weighted by atomic mass is 10.0. The zero-order valence-corrected chi connectivity index (χ0v) is 15.2. The molecule has 4 atom stereocenters. The number of hydrogen-bond donors (Lipinski definition) is 3. The van der Waals surface area contributed by atoms with Gasteiger partial charge in [-0.15, -0.1) is 0 Å². The van der Waals surface area contributed by atoms with Gasteiger partial charge in [0.25, 0.3) is 0 Å². The molecule has 2 aromatic rings. The third-order valence-corrected chi connectivity index (χ3v) is 5.85. The molecule has 6 nitrogen and oxygen atoms in total. The number of nitrogens with one attached hydrogen (secondary N) is 1. The van der Waals surface area contributed by atoms with Crippen molar-refractivity contribution in [1.29, 1.82) is 0 Å². The van der Waals surface area contributed by atoms with Gasteiger partial charge in [0.1, 0.15) is 0 Å². The minimum absolute atomic E-state index is 0.135. The quantitative estimate of drug-likeness (QED) is 0.672. The number of carboxylic acids is 1. The fourth-order valence-corrected chi connectivity index (χ4v) is 4.15. The van der Waals surface area contributed by atoms with Crippen molar-refractivity contribution < 1.29 is 24.1 Å². The normalized spacial score (nSPS) is 22.5. The Hall–Kier alpha value is -1.98. The van der Waals surface area contributed by atoms with Gasteiger partial charge in [-0.25, -0.2) is 4.79 Å². The van der Waals surface area contributed by atoms with E-state index in [9.17, 15) is 14.3 Å². The fourth-order valence-electron chi connectivity index (χ4n) is 3.20. The SMILES string of the molecule is O=C(O)c1cccc([C@@H]2CO[C@H](C(Cc3ccccc3)[PH](=O)O)CN2)c1. The van der Waals surface area contributed by atoms with E-state index in [0.29, 0.717) is 19.6 Å². The molecule has 0 radical (unpaired) electrons. The van der Waals surface area contributed by atoms with Crippen LogP contribution in [0.15, 0.2) is 54.6 Å². The van der Waals surface area contributed by atoms with Crippen LogP contribution in [0.2, 0.25) is 0 Å². The largest absolute Gasteiger partial charge is 0.478 e. The maximum Gasteiger partial charge on any atom is 0.335 e. The van der Waals surface area contributed by atoms with E-state index in [1.807, 2.05) is 36.4 Å². The highest BCUT2D eigenvalue weighted by atomic mass is 31.1. The minimum atomic E-state index is -2.76. The zero-order chi connectivity index (χ0) is 18.5. The minimum Gasteiger partial charge on any atom is -0.478 e. The molecular weight excluding hydrogens is 353 g/mol. The van der Waals surface area contributed by atoms with Gasteiger partial charge in [0.05, 0.1) is 30.0 Å². The van der Waals surface area contributed by atoms with Crippen LogP contribution in [0, 0.1) is 0 Å². The zero-order valence-electron chi connectivity index (χ0n) is 14.2. The molecule has 26 heavy (non-hydrogen) atoms. The van der Waals surface area contributed by atoms with Crippen molar-refractivity contribution in [3.63, 3.8) is 0 Å². The van der Waals surface area contributed by atoms with E-state index in [1.165, 1.54) is 0 Å². The molecule has 0 bridgehead atoms. The van der Waals surface area contributed by atoms with Crippen LogP contribution in [0.25, 0.3) is 0 Å². The first-order chi connectivity index (χ1) is 12.5.